The third kappa shape index (κ3) is 3.18. The van der Waals surface area contributed by atoms with Crippen LogP contribution in [0.2, 0.25) is 0 Å². The van der Waals surface area contributed by atoms with Gasteiger partial charge in [0, 0.05) is 25.7 Å². The van der Waals surface area contributed by atoms with Gasteiger partial charge in [-0.25, -0.2) is 0 Å². The maximum absolute atomic E-state index is 12.1. The summed E-state index contributed by atoms with van der Waals surface area (Å²) in [5.41, 5.74) is 5.90. The van der Waals surface area contributed by atoms with Crippen molar-refractivity contribution in [3.05, 3.63) is 0 Å². The molecule has 4 nitrogen and oxygen atoms in total. The van der Waals surface area contributed by atoms with E-state index in [1.165, 1.54) is 0 Å². The smallest absolute Gasteiger partial charge is 0.227 e. The summed E-state index contributed by atoms with van der Waals surface area (Å²) in [4.78, 5) is 13.9. The van der Waals surface area contributed by atoms with Gasteiger partial charge in [0.05, 0.1) is 5.92 Å². The molecule has 2 atom stereocenters. The van der Waals surface area contributed by atoms with Crippen molar-refractivity contribution in [3.63, 3.8) is 0 Å². The van der Waals surface area contributed by atoms with Gasteiger partial charge in [-0.2, -0.15) is 0 Å². The molecule has 1 aliphatic rings. The van der Waals surface area contributed by atoms with Crippen molar-refractivity contribution in [2.45, 2.75) is 38.6 Å². The summed E-state index contributed by atoms with van der Waals surface area (Å²) in [6.07, 6.45) is 3.61. The van der Waals surface area contributed by atoms with Gasteiger partial charge in [0.2, 0.25) is 5.91 Å². The zero-order valence-electron chi connectivity index (χ0n) is 9.48. The summed E-state index contributed by atoms with van der Waals surface area (Å²) in [5, 5.41) is 8.75. The van der Waals surface area contributed by atoms with Crippen LogP contribution in [0.5, 0.6) is 0 Å². The van der Waals surface area contributed by atoms with Gasteiger partial charge < -0.3 is 15.7 Å². The van der Waals surface area contributed by atoms with E-state index in [-0.39, 0.29) is 24.5 Å². The number of rotatable bonds is 5. The Kier molecular flexibility index (Phi) is 5.05. The Labute approximate surface area is 91.4 Å². The Bertz CT molecular complexity index is 209. The molecule has 0 aliphatic heterocycles. The number of carbonyl (C=O) groups excluding carboxylic acids is 1. The number of hydrogen-bond donors (Lipinski definition) is 2. The van der Waals surface area contributed by atoms with Crippen LogP contribution in [0.15, 0.2) is 0 Å². The van der Waals surface area contributed by atoms with Crippen molar-refractivity contribution in [2.24, 2.45) is 11.7 Å². The van der Waals surface area contributed by atoms with Gasteiger partial charge in [-0.3, -0.25) is 4.79 Å². The van der Waals surface area contributed by atoms with Gasteiger partial charge in [-0.05, 0) is 26.2 Å². The predicted octanol–water partition coefficient (Wildman–Crippen LogP) is 0.345. The normalized spacial score (nSPS) is 25.5. The van der Waals surface area contributed by atoms with E-state index < -0.39 is 0 Å². The molecule has 0 aromatic rings. The Morgan fingerprint density at radius 2 is 2.27 bits per heavy atom. The molecule has 1 fully saturated rings. The molecule has 0 bridgehead atoms. The Morgan fingerprint density at radius 3 is 2.73 bits per heavy atom. The fourth-order valence-corrected chi connectivity index (χ4v) is 2.22. The lowest BCUT2D eigenvalue weighted by Crippen LogP contribution is -2.42. The zero-order valence-corrected chi connectivity index (χ0v) is 9.48. The highest BCUT2D eigenvalue weighted by Gasteiger charge is 2.32. The molecule has 0 aromatic carbocycles. The van der Waals surface area contributed by atoms with Crippen LogP contribution in [0.3, 0.4) is 0 Å². The quantitative estimate of drug-likeness (QED) is 0.693. The summed E-state index contributed by atoms with van der Waals surface area (Å²) in [7, 11) is 0. The molecule has 0 spiro atoms. The molecule has 3 N–H and O–H groups in total. The lowest BCUT2D eigenvalue weighted by Gasteiger charge is -2.25. The van der Waals surface area contributed by atoms with Gasteiger partial charge in [0.1, 0.15) is 0 Å². The lowest BCUT2D eigenvalue weighted by atomic mass is 10.0. The van der Waals surface area contributed by atoms with Gasteiger partial charge in [0.25, 0.3) is 0 Å². The SMILES string of the molecule is CCN(CCCO)C(=O)C1CCCC1N. The van der Waals surface area contributed by atoms with E-state index >= 15 is 0 Å². The molecule has 1 aliphatic carbocycles. The molecule has 0 heterocycles. The Morgan fingerprint density at radius 1 is 1.53 bits per heavy atom. The number of hydrogen-bond acceptors (Lipinski definition) is 3. The maximum Gasteiger partial charge on any atom is 0.227 e. The van der Waals surface area contributed by atoms with Crippen LogP contribution in [0.25, 0.3) is 0 Å². The topological polar surface area (TPSA) is 66.6 Å². The van der Waals surface area contributed by atoms with E-state index in [2.05, 4.69) is 0 Å². The predicted molar refractivity (Wildman–Crippen MR) is 59.3 cm³/mol. The fraction of sp³-hybridized carbons (Fsp3) is 0.909. The first kappa shape index (κ1) is 12.5. The summed E-state index contributed by atoms with van der Waals surface area (Å²) >= 11 is 0. The third-order valence-electron chi connectivity index (χ3n) is 3.17. The van der Waals surface area contributed by atoms with Crippen molar-refractivity contribution >= 4 is 5.91 Å². The van der Waals surface area contributed by atoms with Gasteiger partial charge in [-0.15, -0.1) is 0 Å². The molecule has 0 aromatic heterocycles. The largest absolute Gasteiger partial charge is 0.396 e. The molecule has 1 rings (SSSR count). The highest BCUT2D eigenvalue weighted by Crippen LogP contribution is 2.25. The van der Waals surface area contributed by atoms with E-state index in [0.717, 1.165) is 19.3 Å². The van der Waals surface area contributed by atoms with E-state index in [9.17, 15) is 4.79 Å². The second-order valence-corrected chi connectivity index (χ2v) is 4.20. The number of amides is 1. The van der Waals surface area contributed by atoms with Gasteiger partial charge in [-0.1, -0.05) is 6.42 Å². The molecule has 15 heavy (non-hydrogen) atoms. The third-order valence-corrected chi connectivity index (χ3v) is 3.17. The molecule has 2 unspecified atom stereocenters. The number of nitrogens with two attached hydrogens (primary N) is 1. The number of aliphatic hydroxyl groups excluding tert-OH is 1. The minimum absolute atomic E-state index is 0.0173. The van der Waals surface area contributed by atoms with E-state index in [0.29, 0.717) is 19.5 Å². The molecular formula is C11H22N2O2. The highest BCUT2D eigenvalue weighted by atomic mass is 16.3. The first-order chi connectivity index (χ1) is 7.20. The molecule has 0 saturated heterocycles. The highest BCUT2D eigenvalue weighted by molar-refractivity contribution is 5.79. The van der Waals surface area contributed by atoms with Crippen LogP contribution in [-0.4, -0.2) is 41.7 Å². The van der Waals surface area contributed by atoms with Crippen LogP contribution in [0, 0.1) is 5.92 Å². The van der Waals surface area contributed by atoms with Crippen LogP contribution < -0.4 is 5.73 Å². The molecule has 88 valence electrons. The molecule has 1 saturated carbocycles. The zero-order chi connectivity index (χ0) is 11.3. The van der Waals surface area contributed by atoms with Gasteiger partial charge in [0.15, 0.2) is 0 Å². The number of nitrogens with zero attached hydrogens (tertiary/aromatic N) is 1. The minimum atomic E-state index is 0.0173. The van der Waals surface area contributed by atoms with Crippen LogP contribution in [-0.2, 0) is 4.79 Å². The van der Waals surface area contributed by atoms with Crippen LogP contribution in [0.1, 0.15) is 32.6 Å². The second-order valence-electron chi connectivity index (χ2n) is 4.20. The summed E-state index contributed by atoms with van der Waals surface area (Å²) in [5.74, 6) is 0.194. The lowest BCUT2D eigenvalue weighted by molar-refractivity contribution is -0.135. The van der Waals surface area contributed by atoms with Crippen molar-refractivity contribution in [2.75, 3.05) is 19.7 Å². The summed E-state index contributed by atoms with van der Waals surface area (Å²) < 4.78 is 0. The van der Waals surface area contributed by atoms with E-state index in [1.54, 1.807) is 0 Å². The number of carbonyl (C=O) groups is 1. The van der Waals surface area contributed by atoms with Crippen molar-refractivity contribution in [1.82, 2.24) is 4.90 Å². The summed E-state index contributed by atoms with van der Waals surface area (Å²) in [6, 6.07) is 0.0423. The van der Waals surface area contributed by atoms with Crippen molar-refractivity contribution in [1.29, 1.82) is 0 Å². The van der Waals surface area contributed by atoms with Crippen LogP contribution >= 0.6 is 0 Å². The molecule has 4 heteroatoms. The maximum atomic E-state index is 12.1. The molecule has 1 amide bonds. The standard InChI is InChI=1S/C11H22N2O2/c1-2-13(7-4-8-14)11(15)9-5-3-6-10(9)12/h9-10,14H,2-8,12H2,1H3. The van der Waals surface area contributed by atoms with E-state index in [4.69, 9.17) is 10.8 Å². The monoisotopic (exact) mass is 214 g/mol. The van der Waals surface area contributed by atoms with E-state index in [1.807, 2.05) is 11.8 Å². The first-order valence-electron chi connectivity index (χ1n) is 5.86. The van der Waals surface area contributed by atoms with Crippen LogP contribution in [0.4, 0.5) is 0 Å². The van der Waals surface area contributed by atoms with Crippen molar-refractivity contribution in [3.8, 4) is 0 Å². The average molecular weight is 214 g/mol. The fourth-order valence-electron chi connectivity index (χ4n) is 2.22. The Balaban J connectivity index is 2.48. The molecular weight excluding hydrogens is 192 g/mol. The minimum Gasteiger partial charge on any atom is -0.396 e. The molecule has 0 radical (unpaired) electrons. The van der Waals surface area contributed by atoms with Gasteiger partial charge >= 0.3 is 0 Å². The average Bonchev–Trinajstić information content (AvgIpc) is 2.65. The Hall–Kier alpha value is -0.610. The number of aliphatic hydroxyl groups is 1. The first-order valence-corrected chi connectivity index (χ1v) is 5.86. The summed E-state index contributed by atoms with van der Waals surface area (Å²) in [6.45, 7) is 3.47. The van der Waals surface area contributed by atoms with Crippen molar-refractivity contribution < 1.29 is 9.90 Å². The second kappa shape index (κ2) is 6.08.